The lowest BCUT2D eigenvalue weighted by Gasteiger charge is -2.16. The minimum atomic E-state index is 0.908. The maximum absolute atomic E-state index is 3.24. The van der Waals surface area contributed by atoms with Crippen molar-refractivity contribution in [1.82, 2.24) is 10.7 Å². The van der Waals surface area contributed by atoms with Gasteiger partial charge in [0.15, 0.2) is 0 Å². The molecule has 2 rings (SSSR count). The Hall–Kier alpha value is -1.32. The van der Waals surface area contributed by atoms with Crippen LogP contribution in [0.2, 0.25) is 0 Å². The Morgan fingerprint density at radius 2 is 2.43 bits per heavy atom. The molecule has 3 heteroatoms. The van der Waals surface area contributed by atoms with Crippen molar-refractivity contribution in [1.29, 1.82) is 0 Å². The fourth-order valence-corrected chi connectivity index (χ4v) is 1.56. The molecular formula is C11H15N3. The number of hydrogen-bond acceptors (Lipinski definition) is 3. The predicted octanol–water partition coefficient (Wildman–Crippen LogP) is 1.24. The van der Waals surface area contributed by atoms with Gasteiger partial charge in [0.2, 0.25) is 0 Å². The molecule has 1 aromatic carbocycles. The summed E-state index contributed by atoms with van der Waals surface area (Å²) in [7, 11) is 1.96. The number of benzene rings is 1. The van der Waals surface area contributed by atoms with Crippen LogP contribution in [0, 0.1) is 0 Å². The van der Waals surface area contributed by atoms with Gasteiger partial charge in [-0.2, -0.15) is 0 Å². The smallest absolute Gasteiger partial charge is 0.0573 e. The first-order chi connectivity index (χ1) is 6.90. The second-order valence-electron chi connectivity index (χ2n) is 3.32. The molecule has 1 aliphatic heterocycles. The normalized spacial score (nSPS) is 15.1. The third-order valence-electron chi connectivity index (χ3n) is 2.20. The summed E-state index contributed by atoms with van der Waals surface area (Å²) in [6.07, 6.45) is 4.16. The Morgan fingerprint density at radius 3 is 3.14 bits per heavy atom. The Kier molecular flexibility index (Phi) is 2.81. The number of nitrogens with zero attached hydrogens (tertiary/aromatic N) is 1. The minimum absolute atomic E-state index is 0.908. The summed E-state index contributed by atoms with van der Waals surface area (Å²) in [6.45, 7) is 1.82. The molecular weight excluding hydrogens is 174 g/mol. The minimum Gasteiger partial charge on any atom is -0.316 e. The number of hydrogen-bond donors (Lipinski definition) is 2. The Balaban J connectivity index is 2.16. The molecule has 0 atom stereocenters. The molecule has 0 amide bonds. The van der Waals surface area contributed by atoms with Gasteiger partial charge in [-0.1, -0.05) is 18.2 Å². The van der Waals surface area contributed by atoms with E-state index in [1.807, 2.05) is 12.1 Å². The average molecular weight is 189 g/mol. The predicted molar refractivity (Wildman–Crippen MR) is 58.8 cm³/mol. The second kappa shape index (κ2) is 4.26. The highest BCUT2D eigenvalue weighted by atomic mass is 15.5. The van der Waals surface area contributed by atoms with E-state index in [-0.39, 0.29) is 0 Å². The molecule has 0 unspecified atom stereocenters. The van der Waals surface area contributed by atoms with E-state index in [2.05, 4.69) is 47.3 Å². The van der Waals surface area contributed by atoms with Crippen LogP contribution < -0.4 is 15.8 Å². The van der Waals surface area contributed by atoms with E-state index in [0.717, 1.165) is 13.1 Å². The van der Waals surface area contributed by atoms with E-state index in [1.54, 1.807) is 0 Å². The molecule has 0 saturated carbocycles. The molecule has 0 spiro atoms. The molecule has 1 aromatic rings. The first kappa shape index (κ1) is 9.24. The summed E-state index contributed by atoms with van der Waals surface area (Å²) in [4.78, 5) is 0. The maximum atomic E-state index is 3.24. The summed E-state index contributed by atoms with van der Waals surface area (Å²) in [5.74, 6) is 0. The van der Waals surface area contributed by atoms with E-state index < -0.39 is 0 Å². The van der Waals surface area contributed by atoms with Crippen molar-refractivity contribution in [2.45, 2.75) is 6.54 Å². The molecule has 0 aliphatic carbocycles. The van der Waals surface area contributed by atoms with Gasteiger partial charge in [0.1, 0.15) is 0 Å². The topological polar surface area (TPSA) is 27.3 Å². The molecule has 2 N–H and O–H groups in total. The summed E-state index contributed by atoms with van der Waals surface area (Å²) in [5, 5.41) is 5.19. The number of rotatable bonds is 3. The highest BCUT2D eigenvalue weighted by Crippen LogP contribution is 2.16. The van der Waals surface area contributed by atoms with E-state index in [4.69, 9.17) is 0 Å². The van der Waals surface area contributed by atoms with Gasteiger partial charge >= 0.3 is 0 Å². The van der Waals surface area contributed by atoms with E-state index in [9.17, 15) is 0 Å². The molecule has 1 heterocycles. The summed E-state index contributed by atoms with van der Waals surface area (Å²) >= 11 is 0. The van der Waals surface area contributed by atoms with Crippen LogP contribution in [0.15, 0.2) is 36.5 Å². The average Bonchev–Trinajstić information content (AvgIpc) is 2.71. The standard InChI is InChI=1S/C11H15N3/c1-12-9-10-4-2-5-11(8-10)14-7-3-6-13-14/h2-5,7-8,12-13H,6,9H2,1H3. The number of nitrogens with one attached hydrogen (secondary N) is 2. The highest BCUT2D eigenvalue weighted by molar-refractivity contribution is 5.51. The van der Waals surface area contributed by atoms with Crippen molar-refractivity contribution < 1.29 is 0 Å². The zero-order valence-electron chi connectivity index (χ0n) is 8.33. The van der Waals surface area contributed by atoms with Crippen molar-refractivity contribution in [2.75, 3.05) is 18.6 Å². The quantitative estimate of drug-likeness (QED) is 0.749. The van der Waals surface area contributed by atoms with Gasteiger partial charge in [-0.25, -0.2) is 5.43 Å². The number of hydrazine groups is 1. The monoisotopic (exact) mass is 189 g/mol. The van der Waals surface area contributed by atoms with Crippen LogP contribution in [0.4, 0.5) is 5.69 Å². The zero-order chi connectivity index (χ0) is 9.80. The van der Waals surface area contributed by atoms with E-state index in [1.165, 1.54) is 11.3 Å². The lowest BCUT2D eigenvalue weighted by molar-refractivity contribution is 0.801. The van der Waals surface area contributed by atoms with Gasteiger partial charge in [0.25, 0.3) is 0 Å². The summed E-state index contributed by atoms with van der Waals surface area (Å²) in [5.41, 5.74) is 5.73. The number of anilines is 1. The molecule has 1 aliphatic rings. The van der Waals surface area contributed by atoms with Crippen LogP contribution in [0.1, 0.15) is 5.56 Å². The fourth-order valence-electron chi connectivity index (χ4n) is 1.56. The van der Waals surface area contributed by atoms with Crippen molar-refractivity contribution in [2.24, 2.45) is 0 Å². The van der Waals surface area contributed by atoms with Gasteiger partial charge < -0.3 is 5.32 Å². The SMILES string of the molecule is CNCc1cccc(N2C=CCN2)c1. The highest BCUT2D eigenvalue weighted by Gasteiger charge is 2.05. The van der Waals surface area contributed by atoms with Crippen LogP contribution in [0.25, 0.3) is 0 Å². The molecule has 14 heavy (non-hydrogen) atoms. The Morgan fingerprint density at radius 1 is 1.50 bits per heavy atom. The molecule has 0 saturated heterocycles. The first-order valence-electron chi connectivity index (χ1n) is 4.83. The third-order valence-corrected chi connectivity index (χ3v) is 2.20. The first-order valence-corrected chi connectivity index (χ1v) is 4.83. The van der Waals surface area contributed by atoms with Crippen LogP contribution in [0.5, 0.6) is 0 Å². The van der Waals surface area contributed by atoms with Crippen LogP contribution in [-0.2, 0) is 6.54 Å². The zero-order valence-corrected chi connectivity index (χ0v) is 8.33. The van der Waals surface area contributed by atoms with Gasteiger partial charge in [-0.3, -0.25) is 5.01 Å². The van der Waals surface area contributed by atoms with Crippen molar-refractivity contribution in [3.05, 3.63) is 42.1 Å². The summed E-state index contributed by atoms with van der Waals surface area (Å²) < 4.78 is 0. The molecule has 3 nitrogen and oxygen atoms in total. The summed E-state index contributed by atoms with van der Waals surface area (Å²) in [6, 6.07) is 8.48. The molecule has 74 valence electrons. The van der Waals surface area contributed by atoms with E-state index >= 15 is 0 Å². The van der Waals surface area contributed by atoms with Crippen molar-refractivity contribution in [3.63, 3.8) is 0 Å². The fraction of sp³-hybridized carbons (Fsp3) is 0.273. The Bertz CT molecular complexity index is 333. The lowest BCUT2D eigenvalue weighted by atomic mass is 10.2. The third kappa shape index (κ3) is 1.95. The van der Waals surface area contributed by atoms with Gasteiger partial charge in [-0.05, 0) is 24.7 Å². The molecule has 0 radical (unpaired) electrons. The van der Waals surface area contributed by atoms with E-state index in [0.29, 0.717) is 0 Å². The lowest BCUT2D eigenvalue weighted by Crippen LogP contribution is -2.28. The largest absolute Gasteiger partial charge is 0.316 e. The molecule has 0 bridgehead atoms. The van der Waals surface area contributed by atoms with Crippen molar-refractivity contribution in [3.8, 4) is 0 Å². The van der Waals surface area contributed by atoms with Crippen LogP contribution in [-0.4, -0.2) is 13.6 Å². The van der Waals surface area contributed by atoms with Gasteiger partial charge in [0, 0.05) is 19.3 Å². The molecule has 0 aromatic heterocycles. The van der Waals surface area contributed by atoms with Gasteiger partial charge in [-0.15, -0.1) is 0 Å². The molecule has 0 fully saturated rings. The van der Waals surface area contributed by atoms with Crippen LogP contribution >= 0.6 is 0 Å². The van der Waals surface area contributed by atoms with Crippen molar-refractivity contribution >= 4 is 5.69 Å². The van der Waals surface area contributed by atoms with Gasteiger partial charge in [0.05, 0.1) is 5.69 Å². The Labute approximate surface area is 84.4 Å². The second-order valence-corrected chi connectivity index (χ2v) is 3.32. The maximum Gasteiger partial charge on any atom is 0.0573 e. The van der Waals surface area contributed by atoms with Crippen LogP contribution in [0.3, 0.4) is 0 Å².